The van der Waals surface area contributed by atoms with Crippen molar-refractivity contribution < 1.29 is 23.9 Å². The number of nitrogens with one attached hydrogen (secondary N) is 1. The number of carbonyl (C=O) groups excluding carboxylic acids is 3. The van der Waals surface area contributed by atoms with E-state index in [1.165, 1.54) is 0 Å². The second-order valence-corrected chi connectivity index (χ2v) is 11.5. The van der Waals surface area contributed by atoms with Crippen molar-refractivity contribution in [2.75, 3.05) is 0 Å². The molecule has 2 atom stereocenters. The van der Waals surface area contributed by atoms with Gasteiger partial charge in [0.05, 0.1) is 6.04 Å². The minimum absolute atomic E-state index is 0.0105. The van der Waals surface area contributed by atoms with E-state index in [1.54, 1.807) is 41.5 Å². The monoisotopic (exact) mass is 462 g/mol. The average molecular weight is 463 g/mol. The SMILES string of the molecule is CC(C)(C)OC(=O)CC[C@H](N)C(=O)N[C@@H](Cc1cccc(C(C)(C)C)c1)C(=O)OC(C)(C)C. The third kappa shape index (κ3) is 11.3. The number of carbonyl (C=O) groups is 3. The lowest BCUT2D eigenvalue weighted by Crippen LogP contribution is -2.51. The summed E-state index contributed by atoms with van der Waals surface area (Å²) in [6, 6.07) is 6.07. The van der Waals surface area contributed by atoms with Crippen LogP contribution >= 0.6 is 0 Å². The van der Waals surface area contributed by atoms with Gasteiger partial charge in [0.25, 0.3) is 0 Å². The number of hydrogen-bond acceptors (Lipinski definition) is 6. The fourth-order valence-electron chi connectivity index (χ4n) is 3.04. The zero-order valence-corrected chi connectivity index (χ0v) is 21.7. The normalized spacial score (nSPS) is 14.2. The predicted octanol–water partition coefficient (Wildman–Crippen LogP) is 3.80. The van der Waals surface area contributed by atoms with E-state index < -0.39 is 41.1 Å². The van der Waals surface area contributed by atoms with E-state index in [4.69, 9.17) is 15.2 Å². The second-order valence-electron chi connectivity index (χ2n) is 11.5. The number of rotatable bonds is 8. The van der Waals surface area contributed by atoms with Crippen molar-refractivity contribution in [1.82, 2.24) is 5.32 Å². The quantitative estimate of drug-likeness (QED) is 0.569. The third-order valence-electron chi connectivity index (χ3n) is 4.66. The average Bonchev–Trinajstić information content (AvgIpc) is 2.62. The van der Waals surface area contributed by atoms with Gasteiger partial charge in [-0.3, -0.25) is 9.59 Å². The third-order valence-corrected chi connectivity index (χ3v) is 4.66. The molecule has 1 aromatic rings. The minimum atomic E-state index is -0.955. The van der Waals surface area contributed by atoms with Crippen molar-refractivity contribution in [1.29, 1.82) is 0 Å². The molecule has 0 aliphatic rings. The Morgan fingerprint density at radius 3 is 2.03 bits per heavy atom. The van der Waals surface area contributed by atoms with Gasteiger partial charge in [-0.25, -0.2) is 4.79 Å². The minimum Gasteiger partial charge on any atom is -0.460 e. The van der Waals surface area contributed by atoms with E-state index in [0.717, 1.165) is 11.1 Å². The Labute approximate surface area is 198 Å². The molecule has 0 heterocycles. The van der Waals surface area contributed by atoms with Crippen LogP contribution < -0.4 is 11.1 Å². The zero-order chi connectivity index (χ0) is 25.6. The Morgan fingerprint density at radius 2 is 1.52 bits per heavy atom. The van der Waals surface area contributed by atoms with Gasteiger partial charge in [-0.1, -0.05) is 45.0 Å². The topological polar surface area (TPSA) is 108 Å². The molecule has 3 N–H and O–H groups in total. The molecule has 33 heavy (non-hydrogen) atoms. The lowest BCUT2D eigenvalue weighted by Gasteiger charge is -2.26. The lowest BCUT2D eigenvalue weighted by atomic mass is 9.85. The number of hydrogen-bond donors (Lipinski definition) is 2. The number of esters is 2. The first-order valence-corrected chi connectivity index (χ1v) is 11.5. The van der Waals surface area contributed by atoms with Gasteiger partial charge in [-0.15, -0.1) is 0 Å². The summed E-state index contributed by atoms with van der Waals surface area (Å²) >= 11 is 0. The number of nitrogens with two attached hydrogens (primary N) is 1. The van der Waals surface area contributed by atoms with E-state index in [2.05, 4.69) is 26.1 Å². The summed E-state index contributed by atoms with van der Waals surface area (Å²) < 4.78 is 10.8. The fraction of sp³-hybridized carbons (Fsp3) is 0.654. The van der Waals surface area contributed by atoms with Crippen LogP contribution in [-0.4, -0.2) is 41.1 Å². The smallest absolute Gasteiger partial charge is 0.329 e. The second kappa shape index (κ2) is 11.1. The molecule has 0 aromatic heterocycles. The largest absolute Gasteiger partial charge is 0.460 e. The summed E-state index contributed by atoms with van der Waals surface area (Å²) in [5.41, 5.74) is 6.68. The standard InChI is InChI=1S/C26H42N2O5/c1-24(2,3)18-12-10-11-17(15-18)16-20(23(31)33-26(7,8)9)28-22(30)19(27)13-14-21(29)32-25(4,5)6/h10-12,15,19-20H,13-14,16,27H2,1-9H3,(H,28,30)/t19-,20-/m0/s1. The molecule has 0 radical (unpaired) electrons. The van der Waals surface area contributed by atoms with Crippen molar-refractivity contribution in [3.63, 3.8) is 0 Å². The summed E-state index contributed by atoms with van der Waals surface area (Å²) in [5, 5.41) is 2.73. The van der Waals surface area contributed by atoms with Crippen LogP contribution in [0.1, 0.15) is 86.3 Å². The predicted molar refractivity (Wildman–Crippen MR) is 130 cm³/mol. The Kier molecular flexibility index (Phi) is 9.66. The van der Waals surface area contributed by atoms with Crippen molar-refractivity contribution >= 4 is 17.8 Å². The van der Waals surface area contributed by atoms with Crippen LogP contribution in [0.5, 0.6) is 0 Å². The van der Waals surface area contributed by atoms with Gasteiger partial charge >= 0.3 is 11.9 Å². The highest BCUT2D eigenvalue weighted by Crippen LogP contribution is 2.23. The molecule has 0 fully saturated rings. The highest BCUT2D eigenvalue weighted by atomic mass is 16.6. The van der Waals surface area contributed by atoms with Crippen molar-refractivity contribution in [3.8, 4) is 0 Å². The molecule has 7 heteroatoms. The molecular formula is C26H42N2O5. The molecule has 0 saturated carbocycles. The molecule has 1 rings (SSSR count). The molecule has 0 spiro atoms. The first kappa shape index (κ1) is 28.6. The van der Waals surface area contributed by atoms with Gasteiger partial charge in [-0.2, -0.15) is 0 Å². The van der Waals surface area contributed by atoms with E-state index in [0.29, 0.717) is 0 Å². The molecular weight excluding hydrogens is 420 g/mol. The van der Waals surface area contributed by atoms with E-state index >= 15 is 0 Å². The van der Waals surface area contributed by atoms with Gasteiger partial charge in [0.2, 0.25) is 5.91 Å². The summed E-state index contributed by atoms with van der Waals surface area (Å²) in [6.45, 7) is 17.0. The van der Waals surface area contributed by atoms with Crippen LogP contribution in [0.25, 0.3) is 0 Å². The Morgan fingerprint density at radius 1 is 0.939 bits per heavy atom. The van der Waals surface area contributed by atoms with Crippen LogP contribution in [0, 0.1) is 0 Å². The zero-order valence-electron chi connectivity index (χ0n) is 21.7. The Bertz CT molecular complexity index is 828. The molecule has 0 bridgehead atoms. The molecule has 0 aliphatic carbocycles. The van der Waals surface area contributed by atoms with Gasteiger partial charge in [0, 0.05) is 12.8 Å². The number of ether oxygens (including phenoxy) is 2. The molecule has 0 saturated heterocycles. The molecule has 0 aliphatic heterocycles. The molecule has 1 aromatic carbocycles. The maximum Gasteiger partial charge on any atom is 0.329 e. The Balaban J connectivity index is 2.94. The first-order chi connectivity index (χ1) is 14.9. The van der Waals surface area contributed by atoms with Gasteiger partial charge in [0.1, 0.15) is 17.2 Å². The summed E-state index contributed by atoms with van der Waals surface area (Å²) in [5.74, 6) is -1.47. The highest BCUT2D eigenvalue weighted by molar-refractivity contribution is 5.88. The fourth-order valence-corrected chi connectivity index (χ4v) is 3.04. The van der Waals surface area contributed by atoms with E-state index in [1.807, 2.05) is 24.3 Å². The number of benzene rings is 1. The van der Waals surface area contributed by atoms with Crippen LogP contribution in [0.15, 0.2) is 24.3 Å². The van der Waals surface area contributed by atoms with Crippen molar-refractivity contribution in [2.24, 2.45) is 5.73 Å². The summed E-state index contributed by atoms with van der Waals surface area (Å²) in [4.78, 5) is 37.6. The maximum absolute atomic E-state index is 12.9. The van der Waals surface area contributed by atoms with Crippen LogP contribution in [-0.2, 0) is 35.7 Å². The van der Waals surface area contributed by atoms with Gasteiger partial charge < -0.3 is 20.5 Å². The summed E-state index contributed by atoms with van der Waals surface area (Å²) in [6.07, 6.45) is 0.390. The van der Waals surface area contributed by atoms with Crippen LogP contribution in [0.2, 0.25) is 0 Å². The Hall–Kier alpha value is -2.41. The molecule has 0 unspecified atom stereocenters. The van der Waals surface area contributed by atoms with Gasteiger partial charge in [0.15, 0.2) is 0 Å². The van der Waals surface area contributed by atoms with E-state index in [9.17, 15) is 14.4 Å². The molecule has 186 valence electrons. The number of amides is 1. The van der Waals surface area contributed by atoms with Crippen molar-refractivity contribution in [3.05, 3.63) is 35.4 Å². The van der Waals surface area contributed by atoms with Crippen molar-refractivity contribution in [2.45, 2.75) is 110 Å². The highest BCUT2D eigenvalue weighted by Gasteiger charge is 2.29. The van der Waals surface area contributed by atoms with Gasteiger partial charge in [-0.05, 0) is 64.5 Å². The van der Waals surface area contributed by atoms with Crippen LogP contribution in [0.3, 0.4) is 0 Å². The molecule has 7 nitrogen and oxygen atoms in total. The first-order valence-electron chi connectivity index (χ1n) is 11.5. The maximum atomic E-state index is 12.9. The lowest BCUT2D eigenvalue weighted by molar-refractivity contribution is -0.159. The van der Waals surface area contributed by atoms with Crippen LogP contribution in [0.4, 0.5) is 0 Å². The summed E-state index contributed by atoms with van der Waals surface area (Å²) in [7, 11) is 0. The molecule has 1 amide bonds. The van der Waals surface area contributed by atoms with E-state index in [-0.39, 0.29) is 24.7 Å².